The monoisotopic (exact) mass is 358 g/mol. The van der Waals surface area contributed by atoms with Crippen molar-refractivity contribution in [2.24, 2.45) is 7.05 Å². The Morgan fingerprint density at radius 1 is 1.32 bits per heavy atom. The highest BCUT2D eigenvalue weighted by Gasteiger charge is 2.18. The molecule has 2 heterocycles. The molecule has 3 rings (SSSR count). The summed E-state index contributed by atoms with van der Waals surface area (Å²) in [6, 6.07) is 6.91. The van der Waals surface area contributed by atoms with Crippen molar-refractivity contribution in [3.8, 4) is 11.4 Å². The maximum Gasteiger partial charge on any atom is 0.350 e. The molecule has 9 nitrogen and oxygen atoms in total. The second-order valence-electron chi connectivity index (χ2n) is 5.09. The Labute approximate surface area is 146 Å². The number of hydrogen-bond donors (Lipinski definition) is 1. The number of thiazole rings is 1. The molecule has 3 aromatic rings. The number of methoxy groups -OCH3 is 1. The van der Waals surface area contributed by atoms with Crippen LogP contribution >= 0.6 is 11.3 Å². The van der Waals surface area contributed by atoms with Crippen LogP contribution in [0, 0.1) is 6.92 Å². The van der Waals surface area contributed by atoms with Gasteiger partial charge in [-0.15, -0.1) is 5.10 Å². The lowest BCUT2D eigenvalue weighted by molar-refractivity contribution is 0.0605. The van der Waals surface area contributed by atoms with E-state index in [9.17, 15) is 9.59 Å². The highest BCUT2D eigenvalue weighted by Crippen LogP contribution is 2.24. The van der Waals surface area contributed by atoms with Crippen LogP contribution in [-0.4, -0.2) is 44.2 Å². The first-order chi connectivity index (χ1) is 12.0. The Kier molecular flexibility index (Phi) is 4.52. The van der Waals surface area contributed by atoms with Gasteiger partial charge in [0.2, 0.25) is 0 Å². The normalized spacial score (nSPS) is 10.5. The third-order valence-electron chi connectivity index (χ3n) is 3.39. The van der Waals surface area contributed by atoms with Crippen molar-refractivity contribution in [2.45, 2.75) is 6.92 Å². The van der Waals surface area contributed by atoms with Gasteiger partial charge in [-0.05, 0) is 29.5 Å². The van der Waals surface area contributed by atoms with E-state index in [1.807, 2.05) is 6.07 Å². The maximum absolute atomic E-state index is 12.5. The number of carbonyl (C=O) groups excluding carboxylic acids is 2. The molecule has 25 heavy (non-hydrogen) atoms. The molecule has 0 fully saturated rings. The standard InChI is InChI=1S/C15H14N6O3S/c1-8-11(14(23)24-3)25-15(16-8)17-13(22)10-6-4-5-9(7-10)12-18-19-20-21(12)2/h4-7H,1-3H3,(H,16,17,22). The molecule has 1 N–H and O–H groups in total. The predicted octanol–water partition coefficient (Wildman–Crippen LogP) is 1.68. The Balaban J connectivity index is 1.83. The fourth-order valence-electron chi connectivity index (χ4n) is 2.17. The number of ether oxygens (including phenoxy) is 1. The van der Waals surface area contributed by atoms with Gasteiger partial charge in [-0.2, -0.15) is 0 Å². The summed E-state index contributed by atoms with van der Waals surface area (Å²) in [6.07, 6.45) is 0. The Bertz CT molecular complexity index is 948. The van der Waals surface area contributed by atoms with Gasteiger partial charge in [-0.25, -0.2) is 14.5 Å². The van der Waals surface area contributed by atoms with Crippen LogP contribution in [0.3, 0.4) is 0 Å². The second kappa shape index (κ2) is 6.77. The number of aromatic nitrogens is 5. The zero-order chi connectivity index (χ0) is 18.0. The van der Waals surface area contributed by atoms with Crippen LogP contribution < -0.4 is 5.32 Å². The average molecular weight is 358 g/mol. The highest BCUT2D eigenvalue weighted by molar-refractivity contribution is 7.17. The SMILES string of the molecule is COC(=O)c1sc(NC(=O)c2cccc(-c3nnnn3C)c2)nc1C. The zero-order valence-electron chi connectivity index (χ0n) is 13.7. The molecule has 0 aliphatic carbocycles. The molecule has 1 amide bonds. The molecule has 0 unspecified atom stereocenters. The predicted molar refractivity (Wildman–Crippen MR) is 90.4 cm³/mol. The number of tetrazole rings is 1. The lowest BCUT2D eigenvalue weighted by Gasteiger charge is -2.04. The molecule has 0 aliphatic rings. The molecule has 0 spiro atoms. The van der Waals surface area contributed by atoms with Gasteiger partial charge < -0.3 is 4.74 Å². The molecule has 0 saturated carbocycles. The minimum atomic E-state index is -0.479. The van der Waals surface area contributed by atoms with Crippen molar-refractivity contribution in [3.63, 3.8) is 0 Å². The topological polar surface area (TPSA) is 112 Å². The zero-order valence-corrected chi connectivity index (χ0v) is 14.5. The minimum Gasteiger partial charge on any atom is -0.465 e. The molecule has 2 aromatic heterocycles. The molecule has 0 bridgehead atoms. The van der Waals surface area contributed by atoms with Crippen LogP contribution in [0.2, 0.25) is 0 Å². The molecule has 0 radical (unpaired) electrons. The van der Waals surface area contributed by atoms with Crippen LogP contribution in [0.5, 0.6) is 0 Å². The molecule has 0 aliphatic heterocycles. The first kappa shape index (κ1) is 16.7. The van der Waals surface area contributed by atoms with E-state index < -0.39 is 5.97 Å². The van der Waals surface area contributed by atoms with Gasteiger partial charge in [0.15, 0.2) is 11.0 Å². The van der Waals surface area contributed by atoms with Gasteiger partial charge in [-0.3, -0.25) is 10.1 Å². The number of aryl methyl sites for hydroxylation is 2. The van der Waals surface area contributed by atoms with E-state index in [2.05, 4.69) is 30.6 Å². The Morgan fingerprint density at radius 3 is 2.80 bits per heavy atom. The number of rotatable bonds is 4. The van der Waals surface area contributed by atoms with E-state index in [1.54, 1.807) is 32.2 Å². The molecular weight excluding hydrogens is 344 g/mol. The van der Waals surface area contributed by atoms with Crippen molar-refractivity contribution in [3.05, 3.63) is 40.4 Å². The van der Waals surface area contributed by atoms with Gasteiger partial charge in [-0.1, -0.05) is 23.5 Å². The number of benzene rings is 1. The number of amides is 1. The summed E-state index contributed by atoms with van der Waals surface area (Å²) in [5, 5.41) is 14.3. The second-order valence-corrected chi connectivity index (χ2v) is 6.09. The number of anilines is 1. The largest absolute Gasteiger partial charge is 0.465 e. The van der Waals surface area contributed by atoms with Crippen molar-refractivity contribution in [1.82, 2.24) is 25.2 Å². The number of nitrogens with one attached hydrogen (secondary N) is 1. The molecule has 0 saturated heterocycles. The summed E-state index contributed by atoms with van der Waals surface area (Å²) < 4.78 is 6.20. The van der Waals surface area contributed by atoms with Crippen LogP contribution in [0.1, 0.15) is 25.7 Å². The van der Waals surface area contributed by atoms with E-state index in [-0.39, 0.29) is 5.91 Å². The van der Waals surface area contributed by atoms with E-state index in [4.69, 9.17) is 0 Å². The summed E-state index contributed by atoms with van der Waals surface area (Å²) in [6.45, 7) is 1.68. The Hall–Kier alpha value is -3.14. The molecule has 128 valence electrons. The highest BCUT2D eigenvalue weighted by atomic mass is 32.1. The van der Waals surface area contributed by atoms with E-state index in [0.29, 0.717) is 32.7 Å². The van der Waals surface area contributed by atoms with E-state index in [0.717, 1.165) is 11.3 Å². The molecular formula is C15H14N6O3S. The van der Waals surface area contributed by atoms with Gasteiger partial charge in [0.1, 0.15) is 4.88 Å². The van der Waals surface area contributed by atoms with Crippen molar-refractivity contribution in [2.75, 3.05) is 12.4 Å². The third-order valence-corrected chi connectivity index (χ3v) is 4.44. The molecule has 1 aromatic carbocycles. The van der Waals surface area contributed by atoms with Gasteiger partial charge in [0.05, 0.1) is 12.8 Å². The van der Waals surface area contributed by atoms with Crippen LogP contribution in [0.4, 0.5) is 5.13 Å². The van der Waals surface area contributed by atoms with Crippen molar-refractivity contribution < 1.29 is 14.3 Å². The fourth-order valence-corrected chi connectivity index (χ4v) is 3.05. The fraction of sp³-hybridized carbons (Fsp3) is 0.200. The molecule has 0 atom stereocenters. The van der Waals surface area contributed by atoms with Crippen LogP contribution in [0.15, 0.2) is 24.3 Å². The first-order valence-corrected chi connectivity index (χ1v) is 8.01. The van der Waals surface area contributed by atoms with Crippen molar-refractivity contribution >= 4 is 28.3 Å². The van der Waals surface area contributed by atoms with Crippen molar-refractivity contribution in [1.29, 1.82) is 0 Å². The maximum atomic E-state index is 12.5. The average Bonchev–Trinajstić information content (AvgIpc) is 3.19. The van der Waals surface area contributed by atoms with Crippen LogP contribution in [-0.2, 0) is 11.8 Å². The Morgan fingerprint density at radius 2 is 2.12 bits per heavy atom. The molecule has 10 heteroatoms. The number of hydrogen-bond acceptors (Lipinski definition) is 8. The van der Waals surface area contributed by atoms with Crippen LogP contribution in [0.25, 0.3) is 11.4 Å². The lowest BCUT2D eigenvalue weighted by atomic mass is 10.1. The first-order valence-electron chi connectivity index (χ1n) is 7.19. The number of esters is 1. The number of carbonyl (C=O) groups is 2. The van der Waals surface area contributed by atoms with Gasteiger partial charge >= 0.3 is 5.97 Å². The summed E-state index contributed by atoms with van der Waals surface area (Å²) in [4.78, 5) is 28.6. The summed E-state index contributed by atoms with van der Waals surface area (Å²) >= 11 is 1.07. The quantitative estimate of drug-likeness (QED) is 0.706. The van der Waals surface area contributed by atoms with E-state index >= 15 is 0 Å². The van der Waals surface area contributed by atoms with Gasteiger partial charge in [0.25, 0.3) is 5.91 Å². The minimum absolute atomic E-state index is 0.327. The van der Waals surface area contributed by atoms with Gasteiger partial charge in [0, 0.05) is 18.2 Å². The number of nitrogens with zero attached hydrogens (tertiary/aromatic N) is 5. The summed E-state index contributed by atoms with van der Waals surface area (Å²) in [7, 11) is 3.02. The van der Waals surface area contributed by atoms with E-state index in [1.165, 1.54) is 11.8 Å². The smallest absolute Gasteiger partial charge is 0.350 e. The lowest BCUT2D eigenvalue weighted by Crippen LogP contribution is -2.11. The summed E-state index contributed by atoms with van der Waals surface area (Å²) in [5.41, 5.74) is 1.64. The third kappa shape index (κ3) is 3.38. The summed E-state index contributed by atoms with van der Waals surface area (Å²) in [5.74, 6) is -0.276.